The second kappa shape index (κ2) is 22.5. The smallest absolute Gasteiger partial charge is 0.229 e. The van der Waals surface area contributed by atoms with Crippen LogP contribution < -0.4 is 13.9 Å². The van der Waals surface area contributed by atoms with Crippen LogP contribution in [0.5, 0.6) is 17.2 Å². The minimum atomic E-state index is -1.61. The van der Waals surface area contributed by atoms with Crippen LogP contribution in [0.4, 0.5) is 0 Å². The highest BCUT2D eigenvalue weighted by molar-refractivity contribution is 6.49. The third-order valence-corrected chi connectivity index (χ3v) is 12.0. The molecule has 1 N–H and O–H groups in total. The number of benzene rings is 3. The molecule has 6 heteroatoms. The van der Waals surface area contributed by atoms with Crippen molar-refractivity contribution in [3.05, 3.63) is 88.0 Å². The van der Waals surface area contributed by atoms with E-state index in [9.17, 15) is 5.11 Å². The Bertz CT molecular complexity index is 1630. The van der Waals surface area contributed by atoms with Gasteiger partial charge in [-0.15, -0.1) is 0 Å². The summed E-state index contributed by atoms with van der Waals surface area (Å²) in [6.45, 7) is 32.1. The van der Waals surface area contributed by atoms with Crippen molar-refractivity contribution < 1.29 is 19.0 Å². The molecule has 5 nitrogen and oxygen atoms in total. The zero-order valence-corrected chi connectivity index (χ0v) is 40.6. The number of hydrogen-bond acceptors (Lipinski definition) is 5. The molecule has 324 valence electrons. The molecular formula is C52H83NO4Si. The van der Waals surface area contributed by atoms with Crippen LogP contribution in [0.15, 0.2) is 59.6 Å². The van der Waals surface area contributed by atoms with E-state index in [2.05, 4.69) is 144 Å². The van der Waals surface area contributed by atoms with Crippen molar-refractivity contribution in [2.75, 3.05) is 13.2 Å². The van der Waals surface area contributed by atoms with Gasteiger partial charge in [-0.25, -0.2) is 0 Å². The fourth-order valence-corrected chi connectivity index (χ4v) is 8.26. The van der Waals surface area contributed by atoms with E-state index in [0.717, 1.165) is 64.8 Å². The minimum absolute atomic E-state index is 0.143. The van der Waals surface area contributed by atoms with Crippen LogP contribution in [0, 0.1) is 0 Å². The van der Waals surface area contributed by atoms with Crippen molar-refractivity contribution in [3.63, 3.8) is 0 Å². The van der Waals surface area contributed by atoms with Crippen molar-refractivity contribution in [2.24, 2.45) is 4.99 Å². The molecule has 0 radical (unpaired) electrons. The molecule has 3 rings (SSSR count). The number of unbranched alkanes of at least 4 members (excludes halogenated alkanes) is 10. The number of rotatable bonds is 23. The van der Waals surface area contributed by atoms with E-state index in [1.165, 1.54) is 51.4 Å². The van der Waals surface area contributed by atoms with E-state index in [1.54, 1.807) is 0 Å². The van der Waals surface area contributed by atoms with Gasteiger partial charge in [-0.3, -0.25) is 4.99 Å². The van der Waals surface area contributed by atoms with E-state index in [0.29, 0.717) is 24.7 Å². The highest BCUT2D eigenvalue weighted by atomic mass is 28.3. The molecule has 0 spiro atoms. The lowest BCUT2D eigenvalue weighted by Crippen LogP contribution is -2.39. The predicted molar refractivity (Wildman–Crippen MR) is 253 cm³/mol. The maximum absolute atomic E-state index is 14.0. The zero-order chi connectivity index (χ0) is 43.1. The quantitative estimate of drug-likeness (QED) is 0.0588. The van der Waals surface area contributed by atoms with Crippen molar-refractivity contribution >= 4 is 15.3 Å². The van der Waals surface area contributed by atoms with Crippen molar-refractivity contribution in [2.45, 2.75) is 201 Å². The summed E-state index contributed by atoms with van der Waals surface area (Å²) in [7, 11) is -1.43. The van der Waals surface area contributed by atoms with Crippen LogP contribution in [0.25, 0.3) is 0 Å². The van der Waals surface area contributed by atoms with Crippen LogP contribution in [0.1, 0.15) is 194 Å². The molecule has 1 atom stereocenters. The van der Waals surface area contributed by atoms with Crippen LogP contribution in [0.3, 0.4) is 0 Å². The first-order valence-corrected chi connectivity index (χ1v) is 25.6. The Hall–Kier alpha value is -3.09. The minimum Gasteiger partial charge on any atom is -0.547 e. The summed E-state index contributed by atoms with van der Waals surface area (Å²) in [6.07, 6.45) is 16.1. The van der Waals surface area contributed by atoms with Gasteiger partial charge in [0.15, 0.2) is 0 Å². The SMILES string of the molecule is CCCCCCCCOc1ccc(C(C)(C)C)cc1C(O)(c1cc(C(C)(C)C)ccc1OCCCCCCCC)C(C)N=Cc1c(O[SiH](C)C)cccc1C(C)(C)C. The summed E-state index contributed by atoms with van der Waals surface area (Å²) in [6, 6.07) is 18.5. The molecule has 3 aromatic rings. The first kappa shape index (κ1) is 49.3. The van der Waals surface area contributed by atoms with Crippen LogP contribution in [-0.2, 0) is 21.8 Å². The van der Waals surface area contributed by atoms with Gasteiger partial charge < -0.3 is 19.0 Å². The summed E-state index contributed by atoms with van der Waals surface area (Å²) in [4.78, 5) is 5.35. The fourth-order valence-electron chi connectivity index (χ4n) is 7.55. The maximum Gasteiger partial charge on any atom is 0.229 e. The van der Waals surface area contributed by atoms with Crippen LogP contribution in [0.2, 0.25) is 13.1 Å². The number of aliphatic hydroxyl groups is 1. The van der Waals surface area contributed by atoms with Crippen LogP contribution >= 0.6 is 0 Å². The summed E-state index contributed by atoms with van der Waals surface area (Å²) in [5, 5.41) is 14.0. The van der Waals surface area contributed by atoms with Gasteiger partial charge in [0.1, 0.15) is 22.8 Å². The van der Waals surface area contributed by atoms with Gasteiger partial charge in [-0.1, -0.05) is 165 Å². The van der Waals surface area contributed by atoms with E-state index in [4.69, 9.17) is 18.9 Å². The molecule has 0 aliphatic rings. The predicted octanol–water partition coefficient (Wildman–Crippen LogP) is 14.2. The second-order valence-corrected chi connectivity index (χ2v) is 22.3. The average molecular weight is 814 g/mol. The molecule has 58 heavy (non-hydrogen) atoms. The first-order chi connectivity index (χ1) is 27.2. The number of ether oxygens (including phenoxy) is 2. The molecule has 1 unspecified atom stereocenters. The van der Waals surface area contributed by atoms with E-state index >= 15 is 0 Å². The third kappa shape index (κ3) is 14.3. The van der Waals surface area contributed by atoms with Crippen molar-refractivity contribution in [3.8, 4) is 17.2 Å². The van der Waals surface area contributed by atoms with Gasteiger partial charge in [0.2, 0.25) is 9.04 Å². The largest absolute Gasteiger partial charge is 0.547 e. The van der Waals surface area contributed by atoms with Crippen LogP contribution in [-0.4, -0.2) is 39.6 Å². The molecule has 0 aliphatic carbocycles. The molecule has 0 saturated carbocycles. The Morgan fingerprint density at radius 2 is 1.03 bits per heavy atom. The van der Waals surface area contributed by atoms with Gasteiger partial charge in [0.05, 0.1) is 19.3 Å². The zero-order valence-electron chi connectivity index (χ0n) is 39.4. The lowest BCUT2D eigenvalue weighted by molar-refractivity contribution is 0.0519. The number of hydrogen-bond donors (Lipinski definition) is 1. The monoisotopic (exact) mass is 814 g/mol. The molecular weight excluding hydrogens is 731 g/mol. The van der Waals surface area contributed by atoms with Gasteiger partial charge >= 0.3 is 0 Å². The molecule has 0 aromatic heterocycles. The molecule has 3 aromatic carbocycles. The Balaban J connectivity index is 2.33. The van der Waals surface area contributed by atoms with E-state index in [1.807, 2.05) is 13.1 Å². The third-order valence-electron chi connectivity index (χ3n) is 11.3. The molecule has 0 heterocycles. The number of aliphatic imine (C=N–C) groups is 1. The highest BCUT2D eigenvalue weighted by Gasteiger charge is 2.44. The summed E-state index contributed by atoms with van der Waals surface area (Å²) < 4.78 is 20.0. The average Bonchev–Trinajstić information content (AvgIpc) is 3.14. The second-order valence-electron chi connectivity index (χ2n) is 20.0. The highest BCUT2D eigenvalue weighted by Crippen LogP contribution is 2.46. The summed E-state index contributed by atoms with van der Waals surface area (Å²) in [5.74, 6) is 2.24. The standard InChI is InChI=1S/C52H83NO4Si/c1-15-17-19-21-23-25-34-55-47-32-30-40(49(4,5)6)36-44(47)52(54,39(3)53-38-42-43(51(10,11)12)28-27-29-46(42)57-58(13)14)45-37-41(50(7,8)9)31-33-48(45)56-35-26-24-22-20-18-16-2/h27-33,36-39,54,58H,15-26,34-35H2,1-14H3. The lowest BCUT2D eigenvalue weighted by atomic mass is 9.75. The summed E-state index contributed by atoms with van der Waals surface area (Å²) in [5.41, 5.74) is 3.74. The molecule has 0 saturated heterocycles. The van der Waals surface area contributed by atoms with E-state index < -0.39 is 20.7 Å². The van der Waals surface area contributed by atoms with E-state index in [-0.39, 0.29) is 16.2 Å². The van der Waals surface area contributed by atoms with Gasteiger partial charge in [0.25, 0.3) is 0 Å². The van der Waals surface area contributed by atoms with Crippen molar-refractivity contribution in [1.29, 1.82) is 0 Å². The Morgan fingerprint density at radius 3 is 1.45 bits per heavy atom. The summed E-state index contributed by atoms with van der Waals surface area (Å²) >= 11 is 0. The normalized spacial score (nSPS) is 13.4. The first-order valence-electron chi connectivity index (χ1n) is 22.9. The maximum atomic E-state index is 14.0. The lowest BCUT2D eigenvalue weighted by Gasteiger charge is -2.37. The van der Waals surface area contributed by atoms with Gasteiger partial charge in [0, 0.05) is 22.9 Å². The Kier molecular flexibility index (Phi) is 19.1. The fraction of sp³-hybridized carbons (Fsp3) is 0.635. The number of nitrogens with zero attached hydrogens (tertiary/aromatic N) is 1. The van der Waals surface area contributed by atoms with Crippen molar-refractivity contribution in [1.82, 2.24) is 0 Å². The molecule has 0 aliphatic heterocycles. The van der Waals surface area contributed by atoms with Gasteiger partial charge in [-0.05, 0) is 96.1 Å². The topological polar surface area (TPSA) is 60.3 Å². The molecule has 0 fully saturated rings. The van der Waals surface area contributed by atoms with Gasteiger partial charge in [-0.2, -0.15) is 0 Å². The molecule has 0 bridgehead atoms. The Morgan fingerprint density at radius 1 is 0.586 bits per heavy atom. The molecule has 0 amide bonds. The Labute approximate surface area is 357 Å².